The first-order chi connectivity index (χ1) is 15.8. The molecule has 0 amide bonds. The summed E-state index contributed by atoms with van der Waals surface area (Å²) < 4.78 is 0. The van der Waals surface area contributed by atoms with E-state index in [1.807, 2.05) is 6.07 Å². The predicted molar refractivity (Wildman–Crippen MR) is 139 cm³/mol. The number of H-pyrrole nitrogens is 1. The molecule has 0 atom stereocenters. The van der Waals surface area contributed by atoms with Gasteiger partial charge in [-0.15, -0.1) is 0 Å². The molecule has 0 aliphatic carbocycles. The second-order valence-corrected chi connectivity index (χ2v) is 8.67. The lowest BCUT2D eigenvalue weighted by molar-refractivity contribution is 0.588. The Morgan fingerprint density at radius 2 is 1.69 bits per heavy atom. The fourth-order valence-electron chi connectivity index (χ4n) is 4.39. The monoisotopic (exact) mass is 431 g/mol. The maximum Gasteiger partial charge on any atom is 0.0928 e. The van der Waals surface area contributed by atoms with Crippen LogP contribution in [0, 0.1) is 0 Å². The van der Waals surface area contributed by atoms with Crippen molar-refractivity contribution in [1.29, 1.82) is 0 Å². The zero-order valence-corrected chi connectivity index (χ0v) is 19.6. The van der Waals surface area contributed by atoms with Gasteiger partial charge < -0.3 is 15.1 Å². The lowest BCUT2D eigenvalue weighted by Gasteiger charge is -2.35. The molecule has 1 aromatic heterocycles. The Hall–Kier alpha value is -2.79. The van der Waals surface area contributed by atoms with Gasteiger partial charge in [-0.3, -0.25) is 5.10 Å². The highest BCUT2D eigenvalue weighted by Gasteiger charge is 2.20. The molecule has 4 rings (SSSR count). The highest BCUT2D eigenvalue weighted by Crippen LogP contribution is 2.36. The molecule has 1 aliphatic rings. The largest absolute Gasteiger partial charge is 0.370 e. The zero-order valence-electron chi connectivity index (χ0n) is 19.6. The van der Waals surface area contributed by atoms with Crippen LogP contribution in [0.2, 0.25) is 0 Å². The molecule has 5 nitrogen and oxygen atoms in total. The summed E-state index contributed by atoms with van der Waals surface area (Å²) in [5.74, 6) is 0. The van der Waals surface area contributed by atoms with Gasteiger partial charge in [-0.05, 0) is 36.6 Å². The molecule has 32 heavy (non-hydrogen) atoms. The van der Waals surface area contributed by atoms with Crippen molar-refractivity contribution in [3.63, 3.8) is 0 Å². The van der Waals surface area contributed by atoms with Crippen LogP contribution in [0.15, 0.2) is 42.5 Å². The Labute approximate surface area is 192 Å². The number of nitrogens with zero attached hydrogens (tertiary/aromatic N) is 3. The van der Waals surface area contributed by atoms with Crippen molar-refractivity contribution in [2.24, 2.45) is 0 Å². The number of rotatable bonds is 10. The molecule has 0 spiro atoms. The fraction of sp³-hybridized carbons (Fsp3) is 0.444. The molecule has 0 bridgehead atoms. The van der Waals surface area contributed by atoms with Crippen molar-refractivity contribution in [3.05, 3.63) is 53.7 Å². The fourth-order valence-corrected chi connectivity index (χ4v) is 4.39. The van der Waals surface area contributed by atoms with E-state index in [2.05, 4.69) is 87.7 Å². The van der Waals surface area contributed by atoms with Crippen molar-refractivity contribution >= 4 is 34.4 Å². The average molecular weight is 432 g/mol. The zero-order chi connectivity index (χ0) is 22.2. The minimum absolute atomic E-state index is 1.00. The predicted octanol–water partition coefficient (Wildman–Crippen LogP) is 5.55. The average Bonchev–Trinajstić information content (AvgIpc) is 3.25. The third kappa shape index (κ3) is 5.33. The SMILES string of the molecule is CCCCN(CCCC)c1cc2c(/C=C/c3ccccc3)n[nH]c2cc1N1CCNCC1. The summed E-state index contributed by atoms with van der Waals surface area (Å²) in [7, 11) is 0. The molecule has 1 saturated heterocycles. The van der Waals surface area contributed by atoms with Crippen LogP contribution in [-0.4, -0.2) is 49.5 Å². The topological polar surface area (TPSA) is 47.2 Å². The number of fused-ring (bicyclic) bond motifs is 1. The van der Waals surface area contributed by atoms with E-state index < -0.39 is 0 Å². The Bertz CT molecular complexity index is 994. The lowest BCUT2D eigenvalue weighted by Crippen LogP contribution is -2.44. The quantitative estimate of drug-likeness (QED) is 0.442. The van der Waals surface area contributed by atoms with E-state index in [-0.39, 0.29) is 0 Å². The van der Waals surface area contributed by atoms with E-state index in [1.165, 1.54) is 48.0 Å². The first-order valence-corrected chi connectivity index (χ1v) is 12.3. The first-order valence-electron chi connectivity index (χ1n) is 12.3. The number of piperazine rings is 1. The number of benzene rings is 2. The summed E-state index contributed by atoms with van der Waals surface area (Å²) >= 11 is 0. The number of nitrogens with one attached hydrogen (secondary N) is 2. The van der Waals surface area contributed by atoms with Gasteiger partial charge in [0.25, 0.3) is 0 Å². The number of hydrogen-bond acceptors (Lipinski definition) is 4. The van der Waals surface area contributed by atoms with Gasteiger partial charge in [0.15, 0.2) is 0 Å². The van der Waals surface area contributed by atoms with Crippen molar-refractivity contribution < 1.29 is 0 Å². The smallest absolute Gasteiger partial charge is 0.0928 e. The van der Waals surface area contributed by atoms with Gasteiger partial charge in [-0.25, -0.2) is 0 Å². The molecular formula is C27H37N5. The van der Waals surface area contributed by atoms with E-state index in [1.54, 1.807) is 0 Å². The van der Waals surface area contributed by atoms with Crippen molar-refractivity contribution in [2.45, 2.75) is 39.5 Å². The molecule has 1 aliphatic heterocycles. The van der Waals surface area contributed by atoms with Crippen LogP contribution in [0.4, 0.5) is 11.4 Å². The van der Waals surface area contributed by atoms with Gasteiger partial charge in [0.05, 0.1) is 22.6 Å². The van der Waals surface area contributed by atoms with E-state index in [0.717, 1.165) is 50.5 Å². The van der Waals surface area contributed by atoms with Crippen LogP contribution < -0.4 is 15.1 Å². The summed E-state index contributed by atoms with van der Waals surface area (Å²) in [4.78, 5) is 5.15. The third-order valence-corrected chi connectivity index (χ3v) is 6.28. The van der Waals surface area contributed by atoms with Crippen molar-refractivity contribution in [1.82, 2.24) is 15.5 Å². The summed E-state index contributed by atoms with van der Waals surface area (Å²) in [5, 5.41) is 12.6. The molecule has 0 unspecified atom stereocenters. The number of unbranched alkanes of at least 4 members (excludes halogenated alkanes) is 2. The minimum Gasteiger partial charge on any atom is -0.370 e. The molecular weight excluding hydrogens is 394 g/mol. The molecule has 0 radical (unpaired) electrons. The molecule has 2 N–H and O–H groups in total. The number of anilines is 2. The molecule has 2 heterocycles. The Kier molecular flexibility index (Phi) is 7.83. The van der Waals surface area contributed by atoms with E-state index in [0.29, 0.717) is 0 Å². The molecule has 5 heteroatoms. The van der Waals surface area contributed by atoms with Gasteiger partial charge in [0.1, 0.15) is 0 Å². The van der Waals surface area contributed by atoms with Crippen molar-refractivity contribution in [3.8, 4) is 0 Å². The third-order valence-electron chi connectivity index (χ3n) is 6.28. The van der Waals surface area contributed by atoms with Gasteiger partial charge in [0, 0.05) is 44.7 Å². The van der Waals surface area contributed by atoms with Gasteiger partial charge in [0.2, 0.25) is 0 Å². The molecule has 170 valence electrons. The van der Waals surface area contributed by atoms with Gasteiger partial charge in [-0.2, -0.15) is 5.10 Å². The van der Waals surface area contributed by atoms with Crippen LogP contribution >= 0.6 is 0 Å². The Morgan fingerprint density at radius 1 is 0.969 bits per heavy atom. The maximum absolute atomic E-state index is 4.66. The lowest BCUT2D eigenvalue weighted by atomic mass is 10.1. The molecule has 2 aromatic carbocycles. The molecule has 0 saturated carbocycles. The van der Waals surface area contributed by atoms with Crippen LogP contribution in [0.25, 0.3) is 23.1 Å². The maximum atomic E-state index is 4.66. The van der Waals surface area contributed by atoms with Crippen LogP contribution in [0.1, 0.15) is 50.8 Å². The van der Waals surface area contributed by atoms with Gasteiger partial charge in [-0.1, -0.05) is 63.1 Å². The second kappa shape index (κ2) is 11.2. The summed E-state index contributed by atoms with van der Waals surface area (Å²) in [5.41, 5.74) is 6.00. The van der Waals surface area contributed by atoms with E-state index >= 15 is 0 Å². The van der Waals surface area contributed by atoms with Crippen molar-refractivity contribution in [2.75, 3.05) is 49.1 Å². The Morgan fingerprint density at radius 3 is 2.38 bits per heavy atom. The highest BCUT2D eigenvalue weighted by molar-refractivity contribution is 5.96. The van der Waals surface area contributed by atoms with Crippen LogP contribution in [0.5, 0.6) is 0 Å². The number of aromatic nitrogens is 2. The second-order valence-electron chi connectivity index (χ2n) is 8.67. The highest BCUT2D eigenvalue weighted by atomic mass is 15.2. The summed E-state index contributed by atoms with van der Waals surface area (Å²) in [6.45, 7) is 10.9. The van der Waals surface area contributed by atoms with Crippen LogP contribution in [-0.2, 0) is 0 Å². The van der Waals surface area contributed by atoms with Crippen LogP contribution in [0.3, 0.4) is 0 Å². The number of hydrogen-bond donors (Lipinski definition) is 2. The van der Waals surface area contributed by atoms with E-state index in [4.69, 9.17) is 0 Å². The normalized spacial score (nSPS) is 14.5. The van der Waals surface area contributed by atoms with E-state index in [9.17, 15) is 0 Å². The number of aromatic amines is 1. The Balaban J connectivity index is 1.75. The molecule has 1 fully saturated rings. The first kappa shape index (κ1) is 22.4. The molecule has 3 aromatic rings. The van der Waals surface area contributed by atoms with Gasteiger partial charge >= 0.3 is 0 Å². The minimum atomic E-state index is 1.00. The standard InChI is InChI=1S/C27H37N5/c1-3-5-16-31(17-6-4-2)26-20-23-24(13-12-22-10-8-7-9-11-22)29-30-25(23)21-27(26)32-18-14-28-15-19-32/h7-13,20-21,28H,3-6,14-19H2,1-2H3,(H,29,30)/b13-12+. The summed E-state index contributed by atoms with van der Waals surface area (Å²) in [6, 6.07) is 15.1. The summed E-state index contributed by atoms with van der Waals surface area (Å²) in [6.07, 6.45) is 9.13.